The molecule has 0 saturated carbocycles. The lowest BCUT2D eigenvalue weighted by Crippen LogP contribution is -2.05. The predicted molar refractivity (Wildman–Crippen MR) is 204 cm³/mol. The van der Waals surface area contributed by atoms with E-state index >= 15 is 0 Å². The van der Waals surface area contributed by atoms with Gasteiger partial charge in [0.15, 0.2) is 5.82 Å². The largest absolute Gasteiger partial charge is 0.368 e. The molecule has 0 saturated heterocycles. The second kappa shape index (κ2) is 16.4. The molecule has 0 aliphatic heterocycles. The number of pyridine rings is 3. The average Bonchev–Trinajstić information content (AvgIpc) is 3.68. The van der Waals surface area contributed by atoms with Crippen LogP contribution in [0, 0.1) is 5.82 Å². The van der Waals surface area contributed by atoms with Gasteiger partial charge in [0.1, 0.15) is 45.3 Å². The zero-order chi connectivity index (χ0) is 37.5. The van der Waals surface area contributed by atoms with E-state index in [9.17, 15) is 4.39 Å². The third-order valence-electron chi connectivity index (χ3n) is 7.49. The summed E-state index contributed by atoms with van der Waals surface area (Å²) in [5.41, 5.74) is 24.4. The monoisotopic (exact) mass is 751 g/mol. The maximum absolute atomic E-state index is 13.0. The van der Waals surface area contributed by atoms with Gasteiger partial charge in [-0.25, -0.2) is 53.9 Å². The van der Waals surface area contributed by atoms with E-state index in [0.717, 1.165) is 70.4 Å². The Bertz CT molecular complexity index is 2520. The third kappa shape index (κ3) is 8.80. The lowest BCUT2D eigenvalue weighted by Gasteiger charge is -2.07. The van der Waals surface area contributed by atoms with Crippen LogP contribution >= 0.6 is 23.2 Å². The molecule has 0 unspecified atom stereocenters. The number of benzene rings is 1. The van der Waals surface area contributed by atoms with Crippen molar-refractivity contribution in [2.45, 2.75) is 39.5 Å². The SMILES string of the molecule is CCCc1nc(N)nc2ccc(-c3ccc(F)cc3)nc12.CCCc1nc(N)nc2ccc(Cl)nc12.Nc1nc(-n2cncn2)c2nc(Cl)ccc2n1. The number of hydrogen-bond acceptors (Lipinski definition) is 14. The topological polar surface area (TPSA) is 225 Å². The van der Waals surface area contributed by atoms with Crippen molar-refractivity contribution in [3.05, 3.63) is 101 Å². The van der Waals surface area contributed by atoms with Gasteiger partial charge in [-0.05, 0) is 73.5 Å². The van der Waals surface area contributed by atoms with Crippen molar-refractivity contribution in [3.8, 4) is 17.1 Å². The number of rotatable bonds is 6. The first-order valence-electron chi connectivity index (χ1n) is 16.3. The highest BCUT2D eigenvalue weighted by Gasteiger charge is 2.12. The minimum absolute atomic E-state index is 0.145. The van der Waals surface area contributed by atoms with Crippen molar-refractivity contribution in [1.82, 2.24) is 59.6 Å². The van der Waals surface area contributed by atoms with E-state index in [4.69, 9.17) is 40.4 Å². The van der Waals surface area contributed by atoms with Gasteiger partial charge in [0.2, 0.25) is 17.8 Å². The molecule has 7 aromatic heterocycles. The molecule has 1 aromatic carbocycles. The van der Waals surface area contributed by atoms with E-state index in [1.807, 2.05) is 18.2 Å². The summed E-state index contributed by atoms with van der Waals surface area (Å²) >= 11 is 11.7. The van der Waals surface area contributed by atoms with Crippen LogP contribution < -0.4 is 17.2 Å². The molecule has 0 radical (unpaired) electrons. The number of halogens is 3. The van der Waals surface area contributed by atoms with Gasteiger partial charge in [0, 0.05) is 5.56 Å². The summed E-state index contributed by atoms with van der Waals surface area (Å²) in [4.78, 5) is 41.8. The van der Waals surface area contributed by atoms with Crippen molar-refractivity contribution >= 4 is 74.1 Å². The molecule has 7 heterocycles. The zero-order valence-electron chi connectivity index (χ0n) is 28.5. The molecule has 0 bridgehead atoms. The van der Waals surface area contributed by atoms with E-state index in [0.29, 0.717) is 27.2 Å². The summed E-state index contributed by atoms with van der Waals surface area (Å²) in [7, 11) is 0. The number of nitrogens with zero attached hydrogens (tertiary/aromatic N) is 12. The number of hydrogen-bond donors (Lipinski definition) is 3. The van der Waals surface area contributed by atoms with Crippen LogP contribution in [0.3, 0.4) is 0 Å². The lowest BCUT2D eigenvalue weighted by atomic mass is 10.1. The second-order valence-electron chi connectivity index (χ2n) is 11.4. The Labute approximate surface area is 312 Å². The standard InChI is InChI=1S/C16H15FN4.C10H11ClN4.C9H6ClN7/c1-2-3-13-15-14(21-16(18)20-13)9-8-12(19-15)10-4-6-11(17)7-5-10;1-2-3-6-9-7(14-10(12)13-6)4-5-8(11)15-9;10-6-2-1-5-7(15-6)8(16-9(11)14-5)17-4-12-3-13-17/h4-9H,2-3H2,1H3,(H2,18,20,21);4-5H,2-3H2,1H3,(H2,12,13,14);1-4H,(H2,11,14,16). The van der Waals surface area contributed by atoms with Crippen LogP contribution in [0.5, 0.6) is 0 Å². The van der Waals surface area contributed by atoms with Gasteiger partial charge in [0.25, 0.3) is 0 Å². The van der Waals surface area contributed by atoms with Crippen LogP contribution in [-0.2, 0) is 12.8 Å². The van der Waals surface area contributed by atoms with E-state index in [2.05, 4.69) is 68.8 Å². The number of nitrogens with two attached hydrogens (primary N) is 3. The van der Waals surface area contributed by atoms with Crippen molar-refractivity contribution < 1.29 is 4.39 Å². The Morgan fingerprint density at radius 3 is 1.64 bits per heavy atom. The van der Waals surface area contributed by atoms with Gasteiger partial charge in [0.05, 0.1) is 33.6 Å². The Kier molecular flexibility index (Phi) is 11.3. The first-order chi connectivity index (χ1) is 25.6. The van der Waals surface area contributed by atoms with E-state index in [1.165, 1.54) is 29.5 Å². The quantitative estimate of drug-likeness (QED) is 0.156. The van der Waals surface area contributed by atoms with Gasteiger partial charge in [-0.2, -0.15) is 10.1 Å². The summed E-state index contributed by atoms with van der Waals surface area (Å²) < 4.78 is 14.5. The van der Waals surface area contributed by atoms with Crippen molar-refractivity contribution in [3.63, 3.8) is 0 Å². The van der Waals surface area contributed by atoms with Gasteiger partial charge in [-0.15, -0.1) is 0 Å². The van der Waals surface area contributed by atoms with Crippen LogP contribution in [0.1, 0.15) is 38.1 Å². The van der Waals surface area contributed by atoms with Crippen LogP contribution in [0.2, 0.25) is 10.3 Å². The minimum Gasteiger partial charge on any atom is -0.368 e. The predicted octanol–water partition coefficient (Wildman–Crippen LogP) is 6.42. The number of anilines is 3. The molecule has 0 amide bonds. The van der Waals surface area contributed by atoms with Gasteiger partial charge in [-0.1, -0.05) is 49.9 Å². The number of aromatic nitrogens is 12. The maximum Gasteiger partial charge on any atom is 0.222 e. The molecule has 0 aliphatic carbocycles. The first-order valence-corrected chi connectivity index (χ1v) is 17.1. The molecule has 6 N–H and O–H groups in total. The zero-order valence-corrected chi connectivity index (χ0v) is 30.0. The number of aryl methyl sites for hydroxylation is 2. The van der Waals surface area contributed by atoms with Crippen molar-refractivity contribution in [2.24, 2.45) is 0 Å². The summed E-state index contributed by atoms with van der Waals surface area (Å²) in [6, 6.07) is 16.9. The Morgan fingerprint density at radius 1 is 0.585 bits per heavy atom. The van der Waals surface area contributed by atoms with Gasteiger partial charge < -0.3 is 17.2 Å². The van der Waals surface area contributed by atoms with Gasteiger partial charge >= 0.3 is 0 Å². The minimum atomic E-state index is -0.262. The first kappa shape index (κ1) is 36.5. The van der Waals surface area contributed by atoms with Crippen LogP contribution in [0.4, 0.5) is 22.2 Å². The smallest absolute Gasteiger partial charge is 0.222 e. The fraction of sp³-hybridized carbons (Fsp3) is 0.171. The fourth-order valence-electron chi connectivity index (χ4n) is 5.24. The summed E-state index contributed by atoms with van der Waals surface area (Å²) in [6.07, 6.45) is 6.46. The van der Waals surface area contributed by atoms with Crippen LogP contribution in [0.25, 0.3) is 50.2 Å². The molecule has 15 nitrogen and oxygen atoms in total. The molecule has 8 rings (SSSR count). The summed E-state index contributed by atoms with van der Waals surface area (Å²) in [5.74, 6) is 0.888. The fourth-order valence-corrected chi connectivity index (χ4v) is 5.53. The molecule has 53 heavy (non-hydrogen) atoms. The van der Waals surface area contributed by atoms with E-state index in [-0.39, 0.29) is 23.7 Å². The van der Waals surface area contributed by atoms with E-state index in [1.54, 1.807) is 30.3 Å². The highest BCUT2D eigenvalue weighted by molar-refractivity contribution is 6.30. The van der Waals surface area contributed by atoms with Gasteiger partial charge in [-0.3, -0.25) is 0 Å². The Hall–Kier alpha value is -6.26. The Balaban J connectivity index is 0.000000138. The summed E-state index contributed by atoms with van der Waals surface area (Å²) in [6.45, 7) is 4.16. The molecule has 268 valence electrons. The van der Waals surface area contributed by atoms with Crippen LogP contribution in [-0.4, -0.2) is 59.6 Å². The molecular weight excluding hydrogens is 720 g/mol. The normalized spacial score (nSPS) is 10.9. The highest BCUT2D eigenvalue weighted by Crippen LogP contribution is 2.24. The second-order valence-corrected chi connectivity index (χ2v) is 12.2. The Morgan fingerprint density at radius 2 is 1.09 bits per heavy atom. The number of fused-ring (bicyclic) bond motifs is 3. The molecule has 18 heteroatoms. The molecule has 8 aromatic rings. The van der Waals surface area contributed by atoms with E-state index < -0.39 is 0 Å². The van der Waals surface area contributed by atoms with Crippen molar-refractivity contribution in [1.29, 1.82) is 0 Å². The number of nitrogen functional groups attached to an aromatic ring is 3. The van der Waals surface area contributed by atoms with Crippen molar-refractivity contribution in [2.75, 3.05) is 17.2 Å². The molecule has 0 fully saturated rings. The lowest BCUT2D eigenvalue weighted by molar-refractivity contribution is 0.628. The third-order valence-corrected chi connectivity index (χ3v) is 7.91. The molecule has 0 atom stereocenters. The molecule has 0 aliphatic rings. The highest BCUT2D eigenvalue weighted by atomic mass is 35.5. The van der Waals surface area contributed by atoms with Crippen LogP contribution in [0.15, 0.2) is 73.3 Å². The maximum atomic E-state index is 13.0. The average molecular weight is 753 g/mol. The molecular formula is C35H32Cl2FN15. The summed E-state index contributed by atoms with van der Waals surface area (Å²) in [5, 5.41) is 4.79. The molecule has 0 spiro atoms.